The van der Waals surface area contributed by atoms with Crippen molar-refractivity contribution in [2.75, 3.05) is 13.7 Å². The van der Waals surface area contributed by atoms with Gasteiger partial charge in [-0.15, -0.1) is 0 Å². The van der Waals surface area contributed by atoms with Crippen LogP contribution in [0.15, 0.2) is 112 Å². The molecule has 0 saturated carbocycles. The van der Waals surface area contributed by atoms with Gasteiger partial charge in [0.1, 0.15) is 11.8 Å². The van der Waals surface area contributed by atoms with Crippen LogP contribution >= 0.6 is 22.9 Å². The first-order chi connectivity index (χ1) is 23.3. The summed E-state index contributed by atoms with van der Waals surface area (Å²) in [6.07, 6.45) is 1.91. The Morgan fingerprint density at radius 1 is 0.979 bits per heavy atom. The fraction of sp³-hybridized carbons (Fsp3) is 0.154. The Bertz CT molecular complexity index is 2420. The summed E-state index contributed by atoms with van der Waals surface area (Å²) < 4.78 is 15.9. The van der Waals surface area contributed by atoms with Crippen molar-refractivity contribution < 1.29 is 14.3 Å². The van der Waals surface area contributed by atoms with E-state index >= 15 is 0 Å². The standard InChI is InChI=1S/C39H32ClN3O4S/c1-5-47-38(45)34-35(26-12-7-6-8-13-26)41-39-43(36(34)33-30-14-10-9-11-25(30)15-20-31(33)46-4)37(44)32(48-39)22-27-21-23(2)42(24(27)3)29-18-16-28(40)17-19-29/h6-22,36H,5H2,1-4H3/b32-22-. The third-order valence-electron chi connectivity index (χ3n) is 8.64. The molecule has 1 aliphatic rings. The third kappa shape index (κ3) is 5.37. The minimum atomic E-state index is -0.875. The van der Waals surface area contributed by atoms with Gasteiger partial charge >= 0.3 is 5.97 Å². The zero-order chi connectivity index (χ0) is 33.5. The Kier molecular flexibility index (Phi) is 8.37. The zero-order valence-corrected chi connectivity index (χ0v) is 28.4. The van der Waals surface area contributed by atoms with Gasteiger partial charge in [0.25, 0.3) is 5.56 Å². The molecular weight excluding hydrogens is 642 g/mol. The van der Waals surface area contributed by atoms with E-state index in [1.807, 2.05) is 111 Å². The summed E-state index contributed by atoms with van der Waals surface area (Å²) in [5.41, 5.74) is 5.78. The summed E-state index contributed by atoms with van der Waals surface area (Å²) in [5.74, 6) is 0.0109. The molecule has 0 radical (unpaired) electrons. The number of aryl methyl sites for hydroxylation is 1. The van der Waals surface area contributed by atoms with Gasteiger partial charge in [0, 0.05) is 33.2 Å². The number of nitrogens with zero attached hydrogens (tertiary/aromatic N) is 3. The second-order valence-electron chi connectivity index (χ2n) is 11.5. The molecule has 2 aromatic heterocycles. The van der Waals surface area contributed by atoms with Crippen molar-refractivity contribution in [3.8, 4) is 11.4 Å². The summed E-state index contributed by atoms with van der Waals surface area (Å²) >= 11 is 7.46. The number of carbonyl (C=O) groups excluding carboxylic acids is 1. The van der Waals surface area contributed by atoms with Gasteiger partial charge in [-0.1, -0.05) is 83.6 Å². The molecule has 48 heavy (non-hydrogen) atoms. The van der Waals surface area contributed by atoms with Crippen molar-refractivity contribution in [3.63, 3.8) is 0 Å². The van der Waals surface area contributed by atoms with Gasteiger partial charge in [0.15, 0.2) is 4.80 Å². The number of thiazole rings is 1. The van der Waals surface area contributed by atoms with E-state index in [1.54, 1.807) is 18.6 Å². The van der Waals surface area contributed by atoms with Crippen molar-refractivity contribution >= 4 is 51.5 Å². The predicted molar refractivity (Wildman–Crippen MR) is 192 cm³/mol. The maximum atomic E-state index is 14.7. The Morgan fingerprint density at radius 3 is 2.44 bits per heavy atom. The van der Waals surface area contributed by atoms with E-state index in [0.29, 0.717) is 31.4 Å². The van der Waals surface area contributed by atoms with Gasteiger partial charge in [-0.05, 0) is 79.6 Å². The van der Waals surface area contributed by atoms with Crippen molar-refractivity contribution in [1.82, 2.24) is 9.13 Å². The van der Waals surface area contributed by atoms with Crippen LogP contribution in [0, 0.1) is 13.8 Å². The molecule has 240 valence electrons. The van der Waals surface area contributed by atoms with E-state index in [-0.39, 0.29) is 17.7 Å². The number of rotatable bonds is 7. The molecule has 0 aliphatic carbocycles. The first kappa shape index (κ1) is 31.4. The molecule has 0 amide bonds. The van der Waals surface area contributed by atoms with Crippen LogP contribution in [0.1, 0.15) is 41.0 Å². The highest BCUT2D eigenvalue weighted by atomic mass is 35.5. The fourth-order valence-electron chi connectivity index (χ4n) is 6.51. The fourth-order valence-corrected chi connectivity index (χ4v) is 7.63. The Morgan fingerprint density at radius 2 is 1.71 bits per heavy atom. The van der Waals surface area contributed by atoms with Gasteiger partial charge in [-0.25, -0.2) is 9.79 Å². The smallest absolute Gasteiger partial charge is 0.338 e. The number of fused-ring (bicyclic) bond motifs is 2. The van der Waals surface area contributed by atoms with Crippen LogP contribution in [0.4, 0.5) is 0 Å². The summed E-state index contributed by atoms with van der Waals surface area (Å²) in [5, 5.41) is 2.47. The summed E-state index contributed by atoms with van der Waals surface area (Å²) in [7, 11) is 1.60. The molecule has 0 bridgehead atoms. The van der Waals surface area contributed by atoms with Crippen molar-refractivity contribution in [3.05, 3.63) is 155 Å². The molecule has 7 rings (SSSR count). The average molecular weight is 674 g/mol. The van der Waals surface area contributed by atoms with Gasteiger partial charge in [-0.2, -0.15) is 0 Å². The van der Waals surface area contributed by atoms with Crippen molar-refractivity contribution in [1.29, 1.82) is 0 Å². The summed E-state index contributed by atoms with van der Waals surface area (Å²) in [6, 6.07) is 30.1. The van der Waals surface area contributed by atoms with Crippen LogP contribution in [0.25, 0.3) is 28.2 Å². The highest BCUT2D eigenvalue weighted by molar-refractivity contribution is 7.07. The maximum absolute atomic E-state index is 14.7. The number of benzene rings is 4. The second-order valence-corrected chi connectivity index (χ2v) is 12.9. The number of hydrogen-bond acceptors (Lipinski definition) is 6. The number of hydrogen-bond donors (Lipinski definition) is 0. The molecule has 0 N–H and O–H groups in total. The van der Waals surface area contributed by atoms with Gasteiger partial charge in [-0.3, -0.25) is 9.36 Å². The molecule has 9 heteroatoms. The lowest BCUT2D eigenvalue weighted by atomic mass is 9.89. The third-order valence-corrected chi connectivity index (χ3v) is 9.87. The molecule has 6 aromatic rings. The minimum absolute atomic E-state index is 0.164. The van der Waals surface area contributed by atoms with Crippen LogP contribution in [0.3, 0.4) is 0 Å². The van der Waals surface area contributed by atoms with Crippen LogP contribution < -0.4 is 19.6 Å². The number of carbonyl (C=O) groups is 1. The van der Waals surface area contributed by atoms with Gasteiger partial charge < -0.3 is 14.0 Å². The predicted octanol–water partition coefficient (Wildman–Crippen LogP) is 7.16. The van der Waals surface area contributed by atoms with E-state index in [1.165, 1.54) is 11.3 Å². The van der Waals surface area contributed by atoms with Crippen molar-refractivity contribution in [2.45, 2.75) is 26.8 Å². The van der Waals surface area contributed by atoms with E-state index in [4.69, 9.17) is 26.1 Å². The lowest BCUT2D eigenvalue weighted by Crippen LogP contribution is -2.40. The number of ether oxygens (including phenoxy) is 2. The molecular formula is C39H32ClN3O4S. The maximum Gasteiger partial charge on any atom is 0.338 e. The molecule has 0 fully saturated rings. The second kappa shape index (κ2) is 12.8. The number of halogens is 1. The average Bonchev–Trinajstić information content (AvgIpc) is 3.57. The molecule has 1 atom stereocenters. The van der Waals surface area contributed by atoms with Gasteiger partial charge in [0.05, 0.1) is 29.5 Å². The number of aromatic nitrogens is 2. The summed E-state index contributed by atoms with van der Waals surface area (Å²) in [4.78, 5) is 34.2. The number of esters is 1. The summed E-state index contributed by atoms with van der Waals surface area (Å²) in [6.45, 7) is 5.99. The monoisotopic (exact) mass is 673 g/mol. The van der Waals surface area contributed by atoms with Crippen molar-refractivity contribution in [2.24, 2.45) is 4.99 Å². The lowest BCUT2D eigenvalue weighted by Gasteiger charge is -2.28. The molecule has 7 nitrogen and oxygen atoms in total. The highest BCUT2D eigenvalue weighted by Gasteiger charge is 2.37. The first-order valence-corrected chi connectivity index (χ1v) is 16.8. The first-order valence-electron chi connectivity index (χ1n) is 15.6. The minimum Gasteiger partial charge on any atom is -0.496 e. The lowest BCUT2D eigenvalue weighted by molar-refractivity contribution is -0.138. The Hall–Kier alpha value is -5.18. The van der Waals surface area contributed by atoms with E-state index in [9.17, 15) is 9.59 Å². The normalized spacial score (nSPS) is 14.6. The molecule has 0 saturated heterocycles. The van der Waals surface area contributed by atoms with Crippen LogP contribution in [0.2, 0.25) is 5.02 Å². The van der Waals surface area contributed by atoms with Gasteiger partial charge in [0.2, 0.25) is 0 Å². The van der Waals surface area contributed by atoms with Crippen LogP contribution in [0.5, 0.6) is 5.75 Å². The van der Waals surface area contributed by atoms with Crippen LogP contribution in [-0.2, 0) is 9.53 Å². The Labute approximate surface area is 286 Å². The molecule has 1 aliphatic heterocycles. The van der Waals surface area contributed by atoms with Crippen LogP contribution in [-0.4, -0.2) is 28.8 Å². The zero-order valence-electron chi connectivity index (χ0n) is 26.9. The quantitative estimate of drug-likeness (QED) is 0.169. The Balaban J connectivity index is 1.54. The van der Waals surface area contributed by atoms with E-state index in [2.05, 4.69) is 10.6 Å². The van der Waals surface area contributed by atoms with E-state index < -0.39 is 12.0 Å². The molecule has 4 aromatic carbocycles. The topological polar surface area (TPSA) is 74.8 Å². The number of methoxy groups -OCH3 is 1. The largest absolute Gasteiger partial charge is 0.496 e. The molecule has 3 heterocycles. The van der Waals surface area contributed by atoms with E-state index in [0.717, 1.165) is 39.0 Å². The highest BCUT2D eigenvalue weighted by Crippen LogP contribution is 2.42. The molecule has 0 spiro atoms. The molecule has 1 unspecified atom stereocenters. The SMILES string of the molecule is CCOC(=O)C1=C(c2ccccc2)N=c2s/c(=C\c3cc(C)n(-c4ccc(Cl)cc4)c3C)c(=O)n2C1c1c(OC)ccc2ccccc12.